The monoisotopic (exact) mass is 453 g/mol. The van der Waals surface area contributed by atoms with Crippen LogP contribution < -0.4 is 9.47 Å². The van der Waals surface area contributed by atoms with Crippen molar-refractivity contribution in [3.8, 4) is 11.5 Å². The lowest BCUT2D eigenvalue weighted by Crippen LogP contribution is -2.29. The average molecular weight is 454 g/mol. The number of carbonyl (C=O) groups excluding carboxylic acids is 1. The predicted molar refractivity (Wildman–Crippen MR) is 127 cm³/mol. The molecule has 0 bridgehead atoms. The summed E-state index contributed by atoms with van der Waals surface area (Å²) < 4.78 is 19.2. The van der Waals surface area contributed by atoms with Crippen LogP contribution in [0.5, 0.6) is 11.5 Å². The minimum Gasteiger partial charge on any atom is -0.497 e. The number of hydrogen-bond donors (Lipinski definition) is 0. The fraction of sp³-hybridized carbons (Fsp3) is 0.375. The molecular formula is C24H27N3O4S. The molecule has 8 heteroatoms. The molecular weight excluding hydrogens is 426 g/mol. The Kier molecular flexibility index (Phi) is 6.15. The van der Waals surface area contributed by atoms with Crippen LogP contribution >= 0.6 is 11.8 Å². The molecule has 1 amide bonds. The zero-order valence-electron chi connectivity index (χ0n) is 18.9. The Morgan fingerprint density at radius 2 is 1.81 bits per heavy atom. The van der Waals surface area contributed by atoms with Gasteiger partial charge in [-0.05, 0) is 68.8 Å². The second-order valence-corrected chi connectivity index (χ2v) is 9.77. The molecule has 32 heavy (non-hydrogen) atoms. The van der Waals surface area contributed by atoms with E-state index in [1.807, 2.05) is 74.9 Å². The Morgan fingerprint density at radius 3 is 2.50 bits per heavy atom. The van der Waals surface area contributed by atoms with Crippen molar-refractivity contribution in [2.24, 2.45) is 12.0 Å². The summed E-state index contributed by atoms with van der Waals surface area (Å²) in [6.07, 6.45) is 0.665. The number of hydrogen-bond acceptors (Lipinski definition) is 6. The van der Waals surface area contributed by atoms with E-state index in [9.17, 15) is 4.79 Å². The number of nitrogens with zero attached hydrogens (tertiary/aromatic N) is 3. The molecule has 0 saturated heterocycles. The highest BCUT2D eigenvalue weighted by Gasteiger charge is 2.32. The van der Waals surface area contributed by atoms with Gasteiger partial charge in [-0.15, -0.1) is 0 Å². The molecule has 2 heterocycles. The average Bonchev–Trinajstić information content (AvgIpc) is 3.24. The van der Waals surface area contributed by atoms with Crippen molar-refractivity contribution in [3.63, 3.8) is 0 Å². The molecule has 4 rings (SSSR count). The van der Waals surface area contributed by atoms with Crippen LogP contribution in [0.25, 0.3) is 11.0 Å². The zero-order chi connectivity index (χ0) is 22.9. The molecule has 2 aromatic carbocycles. The summed E-state index contributed by atoms with van der Waals surface area (Å²) in [5.74, 6) is 2.89. The maximum atomic E-state index is 11.8. The van der Waals surface area contributed by atoms with Crippen molar-refractivity contribution >= 4 is 33.9 Å². The lowest BCUT2D eigenvalue weighted by atomic mass is 10.1. The molecule has 1 unspecified atom stereocenters. The lowest BCUT2D eigenvalue weighted by molar-refractivity contribution is 0.113. The van der Waals surface area contributed by atoms with Gasteiger partial charge in [0.15, 0.2) is 0 Å². The second kappa shape index (κ2) is 8.86. The Hall–Kier alpha value is -3.00. The highest BCUT2D eigenvalue weighted by Crippen LogP contribution is 2.30. The van der Waals surface area contributed by atoms with E-state index in [1.54, 1.807) is 7.11 Å². The Balaban J connectivity index is 1.39. The maximum absolute atomic E-state index is 11.8. The van der Waals surface area contributed by atoms with Gasteiger partial charge in [-0.1, -0.05) is 12.1 Å². The van der Waals surface area contributed by atoms with Gasteiger partial charge >= 0.3 is 5.24 Å². The maximum Gasteiger partial charge on any atom is 0.308 e. The summed E-state index contributed by atoms with van der Waals surface area (Å²) in [7, 11) is 3.62. The van der Waals surface area contributed by atoms with E-state index in [4.69, 9.17) is 14.2 Å². The van der Waals surface area contributed by atoms with Gasteiger partial charge in [-0.2, -0.15) is 4.99 Å². The molecule has 1 aromatic heterocycles. The van der Waals surface area contributed by atoms with Gasteiger partial charge in [0.1, 0.15) is 29.5 Å². The summed E-state index contributed by atoms with van der Waals surface area (Å²) in [6, 6.07) is 13.7. The molecule has 168 valence electrons. The molecule has 3 aromatic rings. The summed E-state index contributed by atoms with van der Waals surface area (Å²) >= 11 is 1.21. The van der Waals surface area contributed by atoms with Crippen LogP contribution in [0.4, 0.5) is 4.79 Å². The van der Waals surface area contributed by atoms with Gasteiger partial charge in [-0.25, -0.2) is 4.98 Å². The van der Waals surface area contributed by atoms with Crippen molar-refractivity contribution in [1.82, 2.24) is 9.55 Å². The number of fused-ring (bicyclic) bond motifs is 1. The molecule has 0 spiro atoms. The van der Waals surface area contributed by atoms with E-state index in [0.717, 1.165) is 33.9 Å². The Labute approximate surface area is 191 Å². The van der Waals surface area contributed by atoms with Crippen LogP contribution in [-0.2, 0) is 24.8 Å². The Morgan fingerprint density at radius 1 is 1.09 bits per heavy atom. The van der Waals surface area contributed by atoms with Crippen LogP contribution in [0, 0.1) is 0 Å². The van der Waals surface area contributed by atoms with Crippen LogP contribution in [0.1, 0.15) is 32.2 Å². The van der Waals surface area contributed by atoms with Gasteiger partial charge in [-0.3, -0.25) is 4.79 Å². The number of carbonyl (C=O) groups is 1. The first-order chi connectivity index (χ1) is 15.2. The third-order valence-corrected chi connectivity index (χ3v) is 5.97. The van der Waals surface area contributed by atoms with Gasteiger partial charge in [0.25, 0.3) is 0 Å². The van der Waals surface area contributed by atoms with Crippen LogP contribution in [-0.4, -0.2) is 38.6 Å². The minimum atomic E-state index is -0.388. The number of aliphatic imine (C=N–C) groups is 1. The molecule has 0 saturated carbocycles. The van der Waals surface area contributed by atoms with E-state index >= 15 is 0 Å². The normalized spacial score (nSPS) is 16.3. The van der Waals surface area contributed by atoms with Crippen molar-refractivity contribution in [2.75, 3.05) is 7.11 Å². The number of ether oxygens (including phenoxy) is 3. The number of aryl methyl sites for hydroxylation is 1. The largest absolute Gasteiger partial charge is 0.497 e. The van der Waals surface area contributed by atoms with E-state index < -0.39 is 0 Å². The fourth-order valence-electron chi connectivity index (χ4n) is 3.45. The molecule has 0 radical (unpaired) electrons. The molecule has 7 nitrogen and oxygen atoms in total. The second-order valence-electron chi connectivity index (χ2n) is 8.62. The van der Waals surface area contributed by atoms with Crippen LogP contribution in [0.2, 0.25) is 0 Å². The number of benzene rings is 2. The van der Waals surface area contributed by atoms with Gasteiger partial charge in [0.2, 0.25) is 5.90 Å². The van der Waals surface area contributed by atoms with E-state index in [-0.39, 0.29) is 16.1 Å². The topological polar surface area (TPSA) is 74.9 Å². The highest BCUT2D eigenvalue weighted by atomic mass is 32.2. The first-order valence-electron chi connectivity index (χ1n) is 10.4. The first-order valence-corrected chi connectivity index (χ1v) is 11.3. The van der Waals surface area contributed by atoms with Crippen molar-refractivity contribution in [3.05, 3.63) is 53.9 Å². The fourth-order valence-corrected chi connectivity index (χ4v) is 4.31. The first kappa shape index (κ1) is 22.2. The van der Waals surface area contributed by atoms with E-state index in [0.29, 0.717) is 18.9 Å². The highest BCUT2D eigenvalue weighted by molar-refractivity contribution is 8.15. The SMILES string of the molecule is COc1ccc2nc(COc3ccc(CC4SC(=O)N=C4OC(C)(C)C)cc3)n(C)c2c1. The molecule has 1 aliphatic rings. The van der Waals surface area contributed by atoms with Gasteiger partial charge in [0, 0.05) is 13.1 Å². The van der Waals surface area contributed by atoms with Crippen LogP contribution in [0.3, 0.4) is 0 Å². The summed E-state index contributed by atoms with van der Waals surface area (Å²) in [5.41, 5.74) is 2.60. The number of thioether (sulfide) groups is 1. The summed E-state index contributed by atoms with van der Waals surface area (Å²) in [6.45, 7) is 6.21. The Bertz CT molecular complexity index is 1160. The van der Waals surface area contributed by atoms with Crippen molar-refractivity contribution in [1.29, 1.82) is 0 Å². The van der Waals surface area contributed by atoms with E-state index in [1.165, 1.54) is 11.8 Å². The van der Waals surface area contributed by atoms with Crippen molar-refractivity contribution in [2.45, 2.75) is 44.6 Å². The zero-order valence-corrected chi connectivity index (χ0v) is 19.7. The number of imidazole rings is 1. The lowest BCUT2D eigenvalue weighted by Gasteiger charge is -2.23. The third-order valence-electron chi connectivity index (χ3n) is 5.02. The molecule has 0 fully saturated rings. The summed E-state index contributed by atoms with van der Waals surface area (Å²) in [5, 5.41) is -0.306. The number of methoxy groups -OCH3 is 1. The third kappa shape index (κ3) is 5.07. The smallest absolute Gasteiger partial charge is 0.308 e. The van der Waals surface area contributed by atoms with Crippen LogP contribution in [0.15, 0.2) is 47.5 Å². The standard InChI is InChI=1S/C24H27N3O4S/c1-24(2,3)31-22-20(32-23(28)26-22)12-15-6-8-16(9-7-15)30-14-21-25-18-11-10-17(29-5)13-19(18)27(21)4/h6-11,13,20H,12,14H2,1-5H3. The summed E-state index contributed by atoms with van der Waals surface area (Å²) in [4.78, 5) is 20.5. The van der Waals surface area contributed by atoms with Crippen molar-refractivity contribution < 1.29 is 19.0 Å². The number of rotatable bonds is 6. The molecule has 0 N–H and O–H groups in total. The number of amides is 1. The number of aromatic nitrogens is 2. The quantitative estimate of drug-likeness (QED) is 0.514. The minimum absolute atomic E-state index is 0.106. The predicted octanol–water partition coefficient (Wildman–Crippen LogP) is 5.15. The molecule has 1 aliphatic heterocycles. The molecule has 0 aliphatic carbocycles. The van der Waals surface area contributed by atoms with Gasteiger partial charge in [0.05, 0.1) is 23.4 Å². The van der Waals surface area contributed by atoms with Gasteiger partial charge < -0.3 is 18.8 Å². The molecule has 1 atom stereocenters. The van der Waals surface area contributed by atoms with E-state index in [2.05, 4.69) is 9.98 Å².